The Bertz CT molecular complexity index is 1180. The molecule has 0 saturated heterocycles. The van der Waals surface area contributed by atoms with Crippen molar-refractivity contribution in [2.75, 3.05) is 13.1 Å². The van der Waals surface area contributed by atoms with Crippen molar-refractivity contribution in [1.29, 1.82) is 0 Å². The zero-order chi connectivity index (χ0) is 21.2. The number of halogens is 2. The van der Waals surface area contributed by atoms with Crippen molar-refractivity contribution in [3.8, 4) is 11.3 Å². The Morgan fingerprint density at radius 1 is 1.07 bits per heavy atom. The van der Waals surface area contributed by atoms with Gasteiger partial charge in [-0.2, -0.15) is 4.31 Å². The number of hydrogen-bond donors (Lipinski definition) is 0. The van der Waals surface area contributed by atoms with E-state index < -0.39 is 10.0 Å². The van der Waals surface area contributed by atoms with Crippen LogP contribution in [0.1, 0.15) is 13.8 Å². The largest absolute Gasteiger partial charge is 0.320 e. The summed E-state index contributed by atoms with van der Waals surface area (Å²) >= 11 is 13.7. The van der Waals surface area contributed by atoms with Crippen LogP contribution in [-0.2, 0) is 17.1 Å². The first-order valence-electron chi connectivity index (χ1n) is 9.02. The van der Waals surface area contributed by atoms with Gasteiger partial charge in [-0.15, -0.1) is 11.3 Å². The lowest BCUT2D eigenvalue weighted by Crippen LogP contribution is -2.30. The van der Waals surface area contributed by atoms with Crippen molar-refractivity contribution in [3.63, 3.8) is 0 Å². The second-order valence-electron chi connectivity index (χ2n) is 6.29. The molecule has 0 aliphatic rings. The third-order valence-electron chi connectivity index (χ3n) is 4.53. The molecule has 0 aliphatic carbocycles. The van der Waals surface area contributed by atoms with E-state index in [1.54, 1.807) is 24.3 Å². The highest BCUT2D eigenvalue weighted by Gasteiger charge is 2.25. The van der Waals surface area contributed by atoms with E-state index in [1.165, 1.54) is 15.6 Å². The van der Waals surface area contributed by atoms with Crippen molar-refractivity contribution in [2.45, 2.75) is 18.7 Å². The van der Waals surface area contributed by atoms with Crippen molar-refractivity contribution >= 4 is 50.2 Å². The van der Waals surface area contributed by atoms with Gasteiger partial charge in [-0.3, -0.25) is 0 Å². The molecule has 0 fully saturated rings. The average Bonchev–Trinajstić information content (AvgIpc) is 3.05. The fraction of sp³-hybridized carbons (Fsp3) is 0.250. The smallest absolute Gasteiger partial charge is 0.244 e. The van der Waals surface area contributed by atoms with E-state index in [0.717, 1.165) is 21.7 Å². The van der Waals surface area contributed by atoms with Crippen LogP contribution in [0.25, 0.3) is 11.3 Å². The SMILES string of the molecule is CCN(CC)S(=O)(=O)c1cc(-c2cs/c(=N/c3ccc(Cl)cc3)n2C)ccc1Cl. The molecule has 3 aromatic rings. The van der Waals surface area contributed by atoms with Gasteiger partial charge in [0, 0.05) is 36.1 Å². The first-order valence-corrected chi connectivity index (χ1v) is 12.1. The molecule has 0 amide bonds. The van der Waals surface area contributed by atoms with Crippen LogP contribution in [-0.4, -0.2) is 30.4 Å². The summed E-state index contributed by atoms with van der Waals surface area (Å²) in [5.41, 5.74) is 2.41. The van der Waals surface area contributed by atoms with Crippen LogP contribution in [0, 0.1) is 0 Å². The molecule has 0 saturated carbocycles. The summed E-state index contributed by atoms with van der Waals surface area (Å²) in [6, 6.07) is 12.3. The Morgan fingerprint density at radius 2 is 1.72 bits per heavy atom. The first kappa shape index (κ1) is 22.1. The van der Waals surface area contributed by atoms with Gasteiger partial charge in [-0.25, -0.2) is 13.4 Å². The summed E-state index contributed by atoms with van der Waals surface area (Å²) in [7, 11) is -1.76. The van der Waals surface area contributed by atoms with E-state index >= 15 is 0 Å². The highest BCUT2D eigenvalue weighted by Crippen LogP contribution is 2.30. The number of hydrogen-bond acceptors (Lipinski definition) is 4. The fourth-order valence-electron chi connectivity index (χ4n) is 2.92. The van der Waals surface area contributed by atoms with Gasteiger partial charge in [-0.05, 0) is 36.4 Å². The summed E-state index contributed by atoms with van der Waals surface area (Å²) < 4.78 is 29.3. The second kappa shape index (κ2) is 9.02. The monoisotopic (exact) mass is 469 g/mol. The minimum atomic E-state index is -3.66. The third kappa shape index (κ3) is 4.59. The molecule has 0 radical (unpaired) electrons. The standard InChI is InChI=1S/C20H21Cl2N3O2S2/c1-4-25(5-2)29(26,27)19-12-14(6-11-17(19)22)18-13-28-20(24(18)3)23-16-9-7-15(21)8-10-16/h6-13H,4-5H2,1-3H3/b23-20+. The number of nitrogens with zero attached hydrogens (tertiary/aromatic N) is 3. The maximum Gasteiger partial charge on any atom is 0.244 e. The summed E-state index contributed by atoms with van der Waals surface area (Å²) in [5, 5.41) is 2.82. The fourth-order valence-corrected chi connectivity index (χ4v) is 5.93. The average molecular weight is 470 g/mol. The normalized spacial score (nSPS) is 12.7. The maximum atomic E-state index is 13.0. The minimum absolute atomic E-state index is 0.114. The number of sulfonamides is 1. The van der Waals surface area contributed by atoms with E-state index in [9.17, 15) is 8.42 Å². The van der Waals surface area contributed by atoms with Crippen molar-refractivity contribution in [1.82, 2.24) is 8.87 Å². The third-order valence-corrected chi connectivity index (χ3v) is 8.23. The molecule has 29 heavy (non-hydrogen) atoms. The van der Waals surface area contributed by atoms with Gasteiger partial charge in [0.1, 0.15) is 4.90 Å². The Morgan fingerprint density at radius 3 is 2.34 bits per heavy atom. The van der Waals surface area contributed by atoms with Crippen LogP contribution in [0.5, 0.6) is 0 Å². The molecule has 3 rings (SSSR count). The highest BCUT2D eigenvalue weighted by atomic mass is 35.5. The Kier molecular flexibility index (Phi) is 6.86. The molecule has 5 nitrogen and oxygen atoms in total. The van der Waals surface area contributed by atoms with Crippen molar-refractivity contribution < 1.29 is 8.42 Å². The minimum Gasteiger partial charge on any atom is -0.320 e. The molecule has 0 bridgehead atoms. The second-order valence-corrected chi connectivity index (χ2v) is 9.87. The van der Waals surface area contributed by atoms with Gasteiger partial charge in [0.25, 0.3) is 0 Å². The van der Waals surface area contributed by atoms with Crippen molar-refractivity contribution in [2.24, 2.45) is 12.0 Å². The molecular weight excluding hydrogens is 449 g/mol. The molecule has 0 atom stereocenters. The van der Waals surface area contributed by atoms with Crippen LogP contribution in [0.3, 0.4) is 0 Å². The van der Waals surface area contributed by atoms with E-state index in [-0.39, 0.29) is 9.92 Å². The van der Waals surface area contributed by atoms with Crippen LogP contribution in [0.15, 0.2) is 57.7 Å². The van der Waals surface area contributed by atoms with Crippen molar-refractivity contribution in [3.05, 3.63) is 62.7 Å². The zero-order valence-corrected chi connectivity index (χ0v) is 19.4. The number of benzene rings is 2. The summed E-state index contributed by atoms with van der Waals surface area (Å²) in [4.78, 5) is 5.54. The maximum absolute atomic E-state index is 13.0. The summed E-state index contributed by atoms with van der Waals surface area (Å²) in [6.07, 6.45) is 0. The van der Waals surface area contributed by atoms with Crippen LogP contribution >= 0.6 is 34.5 Å². The summed E-state index contributed by atoms with van der Waals surface area (Å²) in [6.45, 7) is 4.38. The Labute approximate surface area is 184 Å². The lowest BCUT2D eigenvalue weighted by molar-refractivity contribution is 0.445. The molecule has 0 N–H and O–H groups in total. The molecule has 1 heterocycles. The Balaban J connectivity index is 2.07. The number of thiazole rings is 1. The lowest BCUT2D eigenvalue weighted by Gasteiger charge is -2.19. The van der Waals surface area contributed by atoms with Gasteiger partial charge in [0.05, 0.1) is 16.4 Å². The van der Waals surface area contributed by atoms with Crippen LogP contribution < -0.4 is 4.80 Å². The molecule has 2 aromatic carbocycles. The zero-order valence-electron chi connectivity index (χ0n) is 16.3. The van der Waals surface area contributed by atoms with Crippen LogP contribution in [0.2, 0.25) is 10.0 Å². The van der Waals surface area contributed by atoms with Gasteiger partial charge in [-0.1, -0.05) is 43.1 Å². The first-order chi connectivity index (χ1) is 13.8. The lowest BCUT2D eigenvalue weighted by atomic mass is 10.2. The van der Waals surface area contributed by atoms with Gasteiger partial charge in [0.15, 0.2) is 4.80 Å². The molecular formula is C20H21Cl2N3O2S2. The topological polar surface area (TPSA) is 54.7 Å². The number of aromatic nitrogens is 1. The predicted octanol–water partition coefficient (Wildman–Crippen LogP) is 5.32. The van der Waals surface area contributed by atoms with Gasteiger partial charge >= 0.3 is 0 Å². The molecule has 0 spiro atoms. The van der Waals surface area contributed by atoms with E-state index in [0.29, 0.717) is 18.1 Å². The predicted molar refractivity (Wildman–Crippen MR) is 121 cm³/mol. The molecule has 9 heteroatoms. The number of rotatable bonds is 6. The molecule has 154 valence electrons. The summed E-state index contributed by atoms with van der Waals surface area (Å²) in [5.74, 6) is 0. The molecule has 0 unspecified atom stereocenters. The highest BCUT2D eigenvalue weighted by molar-refractivity contribution is 7.89. The van der Waals surface area contributed by atoms with E-state index in [4.69, 9.17) is 23.2 Å². The van der Waals surface area contributed by atoms with Crippen LogP contribution in [0.4, 0.5) is 5.69 Å². The quantitative estimate of drug-likeness (QED) is 0.490. The van der Waals surface area contributed by atoms with E-state index in [2.05, 4.69) is 4.99 Å². The Hall–Kier alpha value is -1.64. The van der Waals surface area contributed by atoms with Gasteiger partial charge in [0.2, 0.25) is 10.0 Å². The molecule has 1 aromatic heterocycles. The van der Waals surface area contributed by atoms with Gasteiger partial charge < -0.3 is 4.57 Å². The van der Waals surface area contributed by atoms with E-state index in [1.807, 2.05) is 49.0 Å². The molecule has 0 aliphatic heterocycles.